The summed E-state index contributed by atoms with van der Waals surface area (Å²) < 4.78 is 23.0. The van der Waals surface area contributed by atoms with E-state index in [0.29, 0.717) is 36.0 Å². The van der Waals surface area contributed by atoms with Gasteiger partial charge in [-0.3, -0.25) is 23.9 Å². The van der Waals surface area contributed by atoms with E-state index in [1.165, 1.54) is 23.6 Å². The average molecular weight is 635 g/mol. The molecule has 1 saturated heterocycles. The summed E-state index contributed by atoms with van der Waals surface area (Å²) >= 11 is 0. The van der Waals surface area contributed by atoms with E-state index in [1.807, 2.05) is 19.1 Å². The highest BCUT2D eigenvalue weighted by atomic mass is 19.1. The zero-order valence-corrected chi connectivity index (χ0v) is 27.1. The number of nitrogens with zero attached hydrogens (tertiary/aromatic N) is 5. The van der Waals surface area contributed by atoms with E-state index < -0.39 is 23.5 Å². The molecule has 46 heavy (non-hydrogen) atoms. The molecule has 0 saturated carbocycles. The van der Waals surface area contributed by atoms with Crippen molar-refractivity contribution >= 4 is 34.3 Å². The zero-order valence-electron chi connectivity index (χ0n) is 27.1. The van der Waals surface area contributed by atoms with Gasteiger partial charge in [-0.15, -0.1) is 0 Å². The normalized spacial score (nSPS) is 22.1. The van der Waals surface area contributed by atoms with Gasteiger partial charge in [-0.25, -0.2) is 14.4 Å². The number of aromatic nitrogens is 4. The lowest BCUT2D eigenvalue weighted by Gasteiger charge is -2.25. The molecule has 5 rings (SSSR count). The molecule has 0 aliphatic carbocycles. The molecule has 0 unspecified atom stereocenters. The van der Waals surface area contributed by atoms with Crippen LogP contribution in [0.2, 0.25) is 0 Å². The number of alkyl halides is 1. The minimum atomic E-state index is -1.89. The number of Topliss-reactive ketones (excluding diaryl/α,β-unsaturated/α-hetero) is 2. The van der Waals surface area contributed by atoms with Gasteiger partial charge in [0.1, 0.15) is 35.6 Å². The Labute approximate surface area is 268 Å². The highest BCUT2D eigenvalue weighted by Crippen LogP contribution is 2.36. The van der Waals surface area contributed by atoms with Crippen LogP contribution in [-0.4, -0.2) is 86.0 Å². The van der Waals surface area contributed by atoms with Crippen LogP contribution >= 0.6 is 0 Å². The molecule has 0 spiro atoms. The zero-order chi connectivity index (χ0) is 33.0. The fourth-order valence-electron chi connectivity index (χ4n) is 6.62. The molecule has 1 aromatic carbocycles. The topological polar surface area (TPSA) is 136 Å². The maximum absolute atomic E-state index is 16.3. The fraction of sp³-hybridized carbons (Fsp3) is 0.559. The molecule has 3 atom stereocenters. The number of carbonyl (C=O) groups excluding carboxylic acids is 4. The quantitative estimate of drug-likeness (QED) is 0.396. The summed E-state index contributed by atoms with van der Waals surface area (Å²) in [7, 11) is 1.52. The van der Waals surface area contributed by atoms with Gasteiger partial charge in [0.2, 0.25) is 11.8 Å². The number of ether oxygens (including phenoxy) is 1. The first-order valence-electron chi connectivity index (χ1n) is 16.1. The number of methoxy groups -OCH3 is 1. The summed E-state index contributed by atoms with van der Waals surface area (Å²) in [5, 5.41) is 8.07. The van der Waals surface area contributed by atoms with E-state index in [9.17, 15) is 19.2 Å². The number of hydrogen-bond donors (Lipinski definition) is 1. The predicted octanol–water partition coefficient (Wildman–Crippen LogP) is 4.32. The van der Waals surface area contributed by atoms with Gasteiger partial charge in [-0.05, 0) is 62.8 Å². The molecule has 2 aliphatic rings. The summed E-state index contributed by atoms with van der Waals surface area (Å²) in [4.78, 5) is 62.9. The molecule has 1 fully saturated rings. The van der Waals surface area contributed by atoms with Gasteiger partial charge in [0.15, 0.2) is 5.78 Å². The molecular formula is C34H43FN6O5. The molecule has 12 heteroatoms. The summed E-state index contributed by atoms with van der Waals surface area (Å²) in [6.45, 7) is 4.69. The number of aryl methyl sites for hydroxylation is 2. The smallest absolute Gasteiger partial charge is 0.245 e. The number of halogens is 1. The van der Waals surface area contributed by atoms with E-state index in [1.54, 1.807) is 19.3 Å². The summed E-state index contributed by atoms with van der Waals surface area (Å²) in [6.07, 6.45) is 7.59. The van der Waals surface area contributed by atoms with Crippen LogP contribution in [0.5, 0.6) is 0 Å². The van der Waals surface area contributed by atoms with Crippen LogP contribution in [0.4, 0.5) is 4.39 Å². The Hall–Kier alpha value is -4.06. The molecular weight excluding hydrogens is 591 g/mol. The van der Waals surface area contributed by atoms with Gasteiger partial charge in [0.25, 0.3) is 0 Å². The molecule has 2 amide bonds. The van der Waals surface area contributed by atoms with Crippen molar-refractivity contribution in [2.45, 2.75) is 103 Å². The first kappa shape index (κ1) is 33.3. The van der Waals surface area contributed by atoms with Crippen molar-refractivity contribution in [1.82, 2.24) is 30.0 Å². The van der Waals surface area contributed by atoms with Crippen LogP contribution in [0.15, 0.2) is 24.5 Å². The third-order valence-electron chi connectivity index (χ3n) is 8.98. The molecule has 3 aromatic rings. The molecule has 2 bridgehead atoms. The van der Waals surface area contributed by atoms with Crippen LogP contribution in [-0.2, 0) is 32.1 Å². The third kappa shape index (κ3) is 7.49. The van der Waals surface area contributed by atoms with Gasteiger partial charge >= 0.3 is 0 Å². The number of benzene rings is 1. The number of hydrogen-bond acceptors (Lipinski definition) is 8. The molecule has 246 valence electrons. The number of amides is 2. The Bertz CT molecular complexity index is 1620. The molecule has 2 aromatic heterocycles. The van der Waals surface area contributed by atoms with Crippen LogP contribution in [0, 0.1) is 6.92 Å². The summed E-state index contributed by atoms with van der Waals surface area (Å²) in [5.41, 5.74) is 1.53. The first-order chi connectivity index (χ1) is 22.0. The Morgan fingerprint density at radius 2 is 1.80 bits per heavy atom. The Morgan fingerprint density at radius 1 is 1.09 bits per heavy atom. The van der Waals surface area contributed by atoms with E-state index in [0.717, 1.165) is 36.0 Å². The Morgan fingerprint density at radius 3 is 2.50 bits per heavy atom. The van der Waals surface area contributed by atoms with Crippen LogP contribution in [0.1, 0.15) is 87.1 Å². The second-order valence-corrected chi connectivity index (χ2v) is 12.8. The van der Waals surface area contributed by atoms with Gasteiger partial charge in [0.05, 0.1) is 18.7 Å². The molecule has 4 heterocycles. The lowest BCUT2D eigenvalue weighted by Crippen LogP contribution is -2.49. The van der Waals surface area contributed by atoms with Gasteiger partial charge in [-0.1, -0.05) is 12.8 Å². The number of nitrogens with one attached hydrogen (secondary N) is 1. The second-order valence-electron chi connectivity index (χ2n) is 12.8. The standard InChI is InChI=1S/C34H43FN6O5/c1-21(19-46-4)38-33(45)29-15-34(35)12-11-27(43)10-8-6-5-7-9-24-13-25(26-16-36-23(3)37-17-26)14-28-31(22(2)42)39-41(32(24)28)18-30(44)40(29)20-34/h13-14,16-17,21,29H,5-12,15,18-20H2,1-4H3,(H,38,45)/t21-,29+,34-/m1/s1. The number of ketones is 2. The van der Waals surface area contributed by atoms with Gasteiger partial charge in [-0.2, -0.15) is 5.10 Å². The fourth-order valence-corrected chi connectivity index (χ4v) is 6.62. The number of fused-ring (bicyclic) bond motifs is 2. The second kappa shape index (κ2) is 14.1. The van der Waals surface area contributed by atoms with E-state index in [4.69, 9.17) is 4.74 Å². The monoisotopic (exact) mass is 634 g/mol. The third-order valence-corrected chi connectivity index (χ3v) is 8.98. The SMILES string of the molecule is COC[C@@H](C)NC(=O)[C@@H]1C[C@]2(F)CCC(=O)CCCCCCc3cc(-c4cnc(C)nc4)cc4c(C(C)=O)nn(c34)CC(=O)N1C2. The highest BCUT2D eigenvalue weighted by molar-refractivity contribution is 6.07. The minimum Gasteiger partial charge on any atom is -0.383 e. The van der Waals surface area contributed by atoms with Crippen LogP contribution < -0.4 is 5.32 Å². The minimum absolute atomic E-state index is 0.00698. The first-order valence-corrected chi connectivity index (χ1v) is 16.1. The Balaban J connectivity index is 1.57. The van der Waals surface area contributed by atoms with Crippen molar-refractivity contribution < 1.29 is 28.3 Å². The van der Waals surface area contributed by atoms with Crippen molar-refractivity contribution in [1.29, 1.82) is 0 Å². The van der Waals surface area contributed by atoms with E-state index >= 15 is 4.39 Å². The number of rotatable bonds is 6. The summed E-state index contributed by atoms with van der Waals surface area (Å²) in [6, 6.07) is 2.49. The lowest BCUT2D eigenvalue weighted by atomic mass is 9.93. The summed E-state index contributed by atoms with van der Waals surface area (Å²) in [5.74, 6) is -0.579. The molecule has 11 nitrogen and oxygen atoms in total. The maximum atomic E-state index is 16.3. The largest absolute Gasteiger partial charge is 0.383 e. The predicted molar refractivity (Wildman–Crippen MR) is 170 cm³/mol. The van der Waals surface area contributed by atoms with Crippen molar-refractivity contribution in [2.75, 3.05) is 20.3 Å². The van der Waals surface area contributed by atoms with Crippen molar-refractivity contribution in [3.63, 3.8) is 0 Å². The number of carbonyl (C=O) groups is 4. The van der Waals surface area contributed by atoms with Crippen LogP contribution in [0.25, 0.3) is 22.0 Å². The average Bonchev–Trinajstić information content (AvgIpc) is 3.56. The highest BCUT2D eigenvalue weighted by Gasteiger charge is 2.49. The lowest BCUT2D eigenvalue weighted by molar-refractivity contribution is -0.139. The maximum Gasteiger partial charge on any atom is 0.245 e. The Kier molecular flexibility index (Phi) is 10.2. The van der Waals surface area contributed by atoms with E-state index in [-0.39, 0.29) is 62.3 Å². The van der Waals surface area contributed by atoms with E-state index in [2.05, 4.69) is 20.4 Å². The molecule has 0 radical (unpaired) electrons. The molecule has 1 N–H and O–H groups in total. The molecule has 2 aliphatic heterocycles. The van der Waals surface area contributed by atoms with Gasteiger partial charge < -0.3 is 15.0 Å². The van der Waals surface area contributed by atoms with Crippen LogP contribution in [0.3, 0.4) is 0 Å². The van der Waals surface area contributed by atoms with Gasteiger partial charge in [0, 0.05) is 62.7 Å². The van der Waals surface area contributed by atoms with Crippen molar-refractivity contribution in [3.05, 3.63) is 41.6 Å². The van der Waals surface area contributed by atoms with Crippen molar-refractivity contribution in [3.8, 4) is 11.1 Å². The van der Waals surface area contributed by atoms with Crippen molar-refractivity contribution in [2.24, 2.45) is 0 Å².